The average molecular weight is 602 g/mol. The van der Waals surface area contributed by atoms with Gasteiger partial charge in [0, 0.05) is 44.3 Å². The van der Waals surface area contributed by atoms with Gasteiger partial charge in [-0.05, 0) is 102 Å². The standard InChI is InChI=1S/C40H23N7/c41-21-24-1-7-27(8-2-24)38-32-15-13-30(44-32)31-14-16-33(45-31)39(28-9-3-25(22-42)4-10-28)35-18-20-37(47-35)40(36-19-17-34(38)46-36)29-11-5-26(23-43)6-12-29/h1-20,44,46-47H. The lowest BCUT2D eigenvalue weighted by Gasteiger charge is -2.05. The number of aromatic nitrogens is 4. The molecular weight excluding hydrogens is 578 g/mol. The lowest BCUT2D eigenvalue weighted by atomic mass is 10.0. The van der Waals surface area contributed by atoms with E-state index in [1.54, 1.807) is 0 Å². The van der Waals surface area contributed by atoms with Gasteiger partial charge in [0.15, 0.2) is 0 Å². The summed E-state index contributed by atoms with van der Waals surface area (Å²) in [5.74, 6) is 0. The summed E-state index contributed by atoms with van der Waals surface area (Å²) in [7, 11) is 0. The van der Waals surface area contributed by atoms with Crippen LogP contribution < -0.4 is 0 Å². The summed E-state index contributed by atoms with van der Waals surface area (Å²) in [5, 5.41) is 28.3. The molecule has 7 nitrogen and oxygen atoms in total. The molecule has 0 amide bonds. The zero-order valence-corrected chi connectivity index (χ0v) is 24.8. The second-order valence-corrected chi connectivity index (χ2v) is 11.3. The zero-order valence-electron chi connectivity index (χ0n) is 24.8. The highest BCUT2D eigenvalue weighted by atomic mass is 14.8. The van der Waals surface area contributed by atoms with Crippen LogP contribution in [0.3, 0.4) is 0 Å². The van der Waals surface area contributed by atoms with Gasteiger partial charge in [0.05, 0.1) is 51.8 Å². The van der Waals surface area contributed by atoms with Crippen LogP contribution in [0.5, 0.6) is 0 Å². The molecule has 7 aromatic rings. The Morgan fingerprint density at radius 3 is 1.09 bits per heavy atom. The molecule has 47 heavy (non-hydrogen) atoms. The fourth-order valence-corrected chi connectivity index (χ4v) is 6.20. The SMILES string of the molecule is N#Cc1ccc(-c2c3nc(c4ccc([nH]4)c(-c4ccc(C#N)cc4)c4ccc([nH]4)c(-c4ccc(C#N)cc4)c4ccc2[nH]4)C=C3)cc1. The first-order chi connectivity index (χ1) is 23.1. The largest absolute Gasteiger partial charge is 0.354 e. The first-order valence-electron chi connectivity index (χ1n) is 15.0. The third kappa shape index (κ3) is 4.80. The Bertz CT molecular complexity index is 2630. The maximum Gasteiger partial charge on any atom is 0.0991 e. The fourth-order valence-electron chi connectivity index (χ4n) is 6.20. The molecule has 7 heteroatoms. The Morgan fingerprint density at radius 1 is 0.362 bits per heavy atom. The van der Waals surface area contributed by atoms with Crippen LogP contribution in [0.2, 0.25) is 0 Å². The molecule has 0 spiro atoms. The maximum atomic E-state index is 9.48. The molecule has 3 aromatic carbocycles. The molecule has 0 fully saturated rings. The number of benzene rings is 3. The average Bonchev–Trinajstić information content (AvgIpc) is 3.95. The van der Waals surface area contributed by atoms with Crippen LogP contribution in [0, 0.1) is 34.0 Å². The molecule has 4 aromatic heterocycles. The summed E-state index contributed by atoms with van der Waals surface area (Å²) in [5.41, 5.74) is 14.3. The van der Waals surface area contributed by atoms with E-state index in [2.05, 4.69) is 63.5 Å². The number of H-pyrrole nitrogens is 3. The minimum absolute atomic E-state index is 0.583. The van der Waals surface area contributed by atoms with Gasteiger partial charge in [-0.3, -0.25) is 0 Å². The van der Waals surface area contributed by atoms with Gasteiger partial charge in [-0.1, -0.05) is 36.4 Å². The molecule has 1 aliphatic heterocycles. The predicted octanol–water partition coefficient (Wildman–Crippen LogP) is 9.31. The highest BCUT2D eigenvalue weighted by Crippen LogP contribution is 2.36. The third-order valence-electron chi connectivity index (χ3n) is 8.48. The molecule has 0 radical (unpaired) electrons. The molecule has 0 saturated carbocycles. The predicted molar refractivity (Wildman–Crippen MR) is 186 cm³/mol. The molecule has 0 aliphatic carbocycles. The van der Waals surface area contributed by atoms with Crippen LogP contribution >= 0.6 is 0 Å². The van der Waals surface area contributed by atoms with Crippen molar-refractivity contribution in [2.45, 2.75) is 0 Å². The third-order valence-corrected chi connectivity index (χ3v) is 8.48. The molecule has 0 atom stereocenters. The van der Waals surface area contributed by atoms with E-state index in [9.17, 15) is 15.8 Å². The van der Waals surface area contributed by atoms with Gasteiger partial charge in [0.25, 0.3) is 0 Å². The highest BCUT2D eigenvalue weighted by molar-refractivity contribution is 6.00. The van der Waals surface area contributed by atoms with Crippen LogP contribution in [0.1, 0.15) is 28.1 Å². The number of nitrogens with zero attached hydrogens (tertiary/aromatic N) is 4. The van der Waals surface area contributed by atoms with E-state index in [4.69, 9.17) is 4.98 Å². The van der Waals surface area contributed by atoms with Crippen molar-refractivity contribution >= 4 is 45.3 Å². The minimum atomic E-state index is 0.583. The highest BCUT2D eigenvalue weighted by Gasteiger charge is 2.15. The van der Waals surface area contributed by atoms with Gasteiger partial charge in [0.2, 0.25) is 0 Å². The van der Waals surface area contributed by atoms with E-state index in [1.165, 1.54) is 0 Å². The molecule has 5 heterocycles. The second-order valence-electron chi connectivity index (χ2n) is 11.3. The van der Waals surface area contributed by atoms with Crippen molar-refractivity contribution in [2.75, 3.05) is 0 Å². The van der Waals surface area contributed by atoms with Crippen molar-refractivity contribution in [1.29, 1.82) is 15.8 Å². The Hall–Kier alpha value is -7.14. The molecular formula is C40H23N7. The van der Waals surface area contributed by atoms with Gasteiger partial charge in [0.1, 0.15) is 0 Å². The molecule has 8 rings (SSSR count). The first-order valence-corrected chi connectivity index (χ1v) is 15.0. The number of fused-ring (bicyclic) bond motifs is 9. The lowest BCUT2D eigenvalue weighted by molar-refractivity contribution is 1.32. The Kier molecular flexibility index (Phi) is 6.47. The number of nitrogens with one attached hydrogen (secondary N) is 3. The van der Waals surface area contributed by atoms with Crippen LogP contribution in [-0.4, -0.2) is 19.9 Å². The van der Waals surface area contributed by atoms with Crippen molar-refractivity contribution in [3.05, 3.63) is 137 Å². The monoisotopic (exact) mass is 601 g/mol. The molecule has 3 N–H and O–H groups in total. The van der Waals surface area contributed by atoms with Crippen molar-refractivity contribution in [2.24, 2.45) is 0 Å². The molecule has 1 aliphatic rings. The first kappa shape index (κ1) is 27.4. The molecule has 8 bridgehead atoms. The van der Waals surface area contributed by atoms with E-state index >= 15 is 0 Å². The summed E-state index contributed by atoms with van der Waals surface area (Å²) in [6.07, 6.45) is 4.02. The Morgan fingerprint density at radius 2 is 0.681 bits per heavy atom. The van der Waals surface area contributed by atoms with Gasteiger partial charge in [-0.15, -0.1) is 0 Å². The summed E-state index contributed by atoms with van der Waals surface area (Å²) in [4.78, 5) is 16.1. The maximum absolute atomic E-state index is 9.48. The Balaban J connectivity index is 1.52. The number of aromatic amines is 3. The minimum Gasteiger partial charge on any atom is -0.354 e. The summed E-state index contributed by atoms with van der Waals surface area (Å²) >= 11 is 0. The van der Waals surface area contributed by atoms with Crippen LogP contribution in [0.25, 0.3) is 78.6 Å². The van der Waals surface area contributed by atoms with Gasteiger partial charge in [-0.25, -0.2) is 4.98 Å². The second kappa shape index (κ2) is 11.1. The number of hydrogen-bond donors (Lipinski definition) is 3. The molecule has 218 valence electrons. The van der Waals surface area contributed by atoms with Crippen molar-refractivity contribution < 1.29 is 0 Å². The Labute approximate surface area is 269 Å². The number of hydrogen-bond acceptors (Lipinski definition) is 4. The summed E-state index contributed by atoms with van der Waals surface area (Å²) in [6, 6.07) is 41.6. The van der Waals surface area contributed by atoms with E-state index in [0.29, 0.717) is 16.7 Å². The van der Waals surface area contributed by atoms with Crippen molar-refractivity contribution in [1.82, 2.24) is 19.9 Å². The van der Waals surface area contributed by atoms with Crippen LogP contribution in [0.4, 0.5) is 0 Å². The lowest BCUT2D eigenvalue weighted by Crippen LogP contribution is -1.86. The number of nitriles is 3. The summed E-state index contributed by atoms with van der Waals surface area (Å²) in [6.45, 7) is 0. The van der Waals surface area contributed by atoms with Crippen LogP contribution in [0.15, 0.2) is 109 Å². The fraction of sp³-hybridized carbons (Fsp3) is 0. The number of rotatable bonds is 3. The molecule has 0 saturated heterocycles. The van der Waals surface area contributed by atoms with E-state index in [0.717, 1.165) is 77.9 Å². The van der Waals surface area contributed by atoms with Crippen molar-refractivity contribution in [3.63, 3.8) is 0 Å². The smallest absolute Gasteiger partial charge is 0.0991 e. The van der Waals surface area contributed by atoms with Gasteiger partial charge in [-0.2, -0.15) is 15.8 Å². The molecule has 0 unspecified atom stereocenters. The van der Waals surface area contributed by atoms with Gasteiger partial charge >= 0.3 is 0 Å². The normalized spacial score (nSPS) is 11.3. The van der Waals surface area contributed by atoms with Crippen LogP contribution in [-0.2, 0) is 0 Å². The van der Waals surface area contributed by atoms with Crippen molar-refractivity contribution in [3.8, 4) is 51.6 Å². The topological polar surface area (TPSA) is 132 Å². The van der Waals surface area contributed by atoms with Gasteiger partial charge < -0.3 is 15.0 Å². The van der Waals surface area contributed by atoms with E-state index < -0.39 is 0 Å². The van der Waals surface area contributed by atoms with E-state index in [-0.39, 0.29) is 0 Å². The quantitative estimate of drug-likeness (QED) is 0.186. The summed E-state index contributed by atoms with van der Waals surface area (Å²) < 4.78 is 0. The van der Waals surface area contributed by atoms with E-state index in [1.807, 2.05) is 91.0 Å². The zero-order chi connectivity index (χ0) is 31.9.